The fourth-order valence-electron chi connectivity index (χ4n) is 3.58. The summed E-state index contributed by atoms with van der Waals surface area (Å²) in [4.78, 5) is 4.04. The smallest absolute Gasteiger partial charge is 0.262 e. The minimum atomic E-state index is -3.67. The summed E-state index contributed by atoms with van der Waals surface area (Å²) in [6, 6.07) is 17.3. The Morgan fingerprint density at radius 3 is 2.46 bits per heavy atom. The molecule has 2 atom stereocenters. The van der Waals surface area contributed by atoms with E-state index in [4.69, 9.17) is 11.6 Å². The van der Waals surface area contributed by atoms with Gasteiger partial charge >= 0.3 is 0 Å². The number of anilines is 1. The molecule has 28 heavy (non-hydrogen) atoms. The third-order valence-corrected chi connectivity index (χ3v) is 7.06. The monoisotopic (exact) mass is 416 g/mol. The summed E-state index contributed by atoms with van der Waals surface area (Å²) in [7, 11) is -1.91. The summed E-state index contributed by atoms with van der Waals surface area (Å²) in [5.41, 5.74) is 1.89. The third kappa shape index (κ3) is 3.65. The number of nitrogens with one attached hydrogen (secondary N) is 1. The molecule has 1 N–H and O–H groups in total. The molecular weight excluding hydrogens is 396 g/mol. The maximum Gasteiger partial charge on any atom is 0.262 e. The average Bonchev–Trinajstić information content (AvgIpc) is 3.32. The van der Waals surface area contributed by atoms with Gasteiger partial charge in [-0.3, -0.25) is 0 Å². The molecular formula is C20H21ClN4O2S. The number of halogens is 1. The van der Waals surface area contributed by atoms with E-state index in [1.165, 1.54) is 16.8 Å². The molecule has 0 unspecified atom stereocenters. The van der Waals surface area contributed by atoms with Gasteiger partial charge in [0.2, 0.25) is 0 Å². The quantitative estimate of drug-likeness (QED) is 0.692. The lowest BCUT2D eigenvalue weighted by atomic mass is 9.94. The van der Waals surface area contributed by atoms with E-state index >= 15 is 0 Å². The van der Waals surface area contributed by atoms with Gasteiger partial charge in [0.1, 0.15) is 0 Å². The molecule has 3 aromatic rings. The van der Waals surface area contributed by atoms with E-state index in [0.29, 0.717) is 18.1 Å². The van der Waals surface area contributed by atoms with Crippen molar-refractivity contribution in [3.05, 3.63) is 77.7 Å². The number of imidazole rings is 1. The van der Waals surface area contributed by atoms with E-state index in [2.05, 4.69) is 10.3 Å². The first-order chi connectivity index (χ1) is 13.4. The Hall–Kier alpha value is -2.35. The van der Waals surface area contributed by atoms with Crippen molar-refractivity contribution in [3.63, 3.8) is 0 Å². The van der Waals surface area contributed by atoms with Crippen LogP contribution >= 0.6 is 11.6 Å². The third-order valence-electron chi connectivity index (χ3n) is 5.01. The van der Waals surface area contributed by atoms with Crippen LogP contribution in [0.4, 0.5) is 5.69 Å². The number of aromatic nitrogens is 2. The molecule has 1 aliphatic heterocycles. The molecule has 2 aromatic carbocycles. The molecule has 146 valence electrons. The number of benzene rings is 2. The highest BCUT2D eigenvalue weighted by Crippen LogP contribution is 2.34. The van der Waals surface area contributed by atoms with Crippen LogP contribution in [0.2, 0.25) is 5.02 Å². The zero-order valence-electron chi connectivity index (χ0n) is 15.4. The minimum Gasteiger partial charge on any atom is -0.379 e. The van der Waals surface area contributed by atoms with Crippen LogP contribution in [0.1, 0.15) is 11.5 Å². The molecule has 2 heterocycles. The molecule has 1 aromatic heterocycles. The van der Waals surface area contributed by atoms with Gasteiger partial charge in [-0.2, -0.15) is 4.31 Å². The van der Waals surface area contributed by atoms with Crippen molar-refractivity contribution in [2.75, 3.05) is 18.4 Å². The predicted molar refractivity (Wildman–Crippen MR) is 110 cm³/mol. The number of sulfonamides is 1. The number of hydrogen-bond donors (Lipinski definition) is 1. The zero-order chi connectivity index (χ0) is 19.7. The molecule has 8 heteroatoms. The topological polar surface area (TPSA) is 67.2 Å². The number of hydrogen-bond acceptors (Lipinski definition) is 4. The van der Waals surface area contributed by atoms with E-state index in [-0.39, 0.29) is 17.0 Å². The van der Waals surface area contributed by atoms with Crippen LogP contribution in [-0.2, 0) is 17.1 Å². The van der Waals surface area contributed by atoms with Crippen molar-refractivity contribution in [2.45, 2.75) is 17.0 Å². The molecule has 0 radical (unpaired) electrons. The van der Waals surface area contributed by atoms with E-state index in [1.54, 1.807) is 11.6 Å². The molecule has 0 amide bonds. The van der Waals surface area contributed by atoms with Gasteiger partial charge in [-0.15, -0.1) is 0 Å². The first-order valence-electron chi connectivity index (χ1n) is 8.99. The van der Waals surface area contributed by atoms with E-state index in [1.807, 2.05) is 54.6 Å². The second kappa shape index (κ2) is 7.58. The summed E-state index contributed by atoms with van der Waals surface area (Å²) >= 11 is 6.31. The first-order valence-corrected chi connectivity index (χ1v) is 10.8. The number of aryl methyl sites for hydroxylation is 1. The molecule has 0 bridgehead atoms. The van der Waals surface area contributed by atoms with Crippen LogP contribution in [0.15, 0.2) is 72.1 Å². The number of nitrogens with zero attached hydrogens (tertiary/aromatic N) is 3. The van der Waals surface area contributed by atoms with Crippen molar-refractivity contribution in [2.24, 2.45) is 7.05 Å². The van der Waals surface area contributed by atoms with Crippen LogP contribution in [0.3, 0.4) is 0 Å². The average molecular weight is 417 g/mol. The predicted octanol–water partition coefficient (Wildman–Crippen LogP) is 3.34. The van der Waals surface area contributed by atoms with Crippen molar-refractivity contribution < 1.29 is 8.42 Å². The fraction of sp³-hybridized carbons (Fsp3) is 0.250. The van der Waals surface area contributed by atoms with Gasteiger partial charge in [-0.25, -0.2) is 13.4 Å². The van der Waals surface area contributed by atoms with Crippen LogP contribution in [0.25, 0.3) is 0 Å². The lowest BCUT2D eigenvalue weighted by molar-refractivity contribution is 0.468. The summed E-state index contributed by atoms with van der Waals surface area (Å²) in [6.07, 6.45) is 3.03. The lowest BCUT2D eigenvalue weighted by Crippen LogP contribution is -2.32. The van der Waals surface area contributed by atoms with Crippen molar-refractivity contribution in [1.29, 1.82) is 0 Å². The molecule has 0 aliphatic carbocycles. The van der Waals surface area contributed by atoms with Crippen molar-refractivity contribution in [1.82, 2.24) is 13.9 Å². The Labute approximate surface area is 169 Å². The molecule has 0 spiro atoms. The van der Waals surface area contributed by atoms with E-state index < -0.39 is 10.0 Å². The molecule has 1 aliphatic rings. The van der Waals surface area contributed by atoms with Gasteiger partial charge in [0.25, 0.3) is 10.0 Å². The first kappa shape index (κ1) is 19.0. The Morgan fingerprint density at radius 2 is 1.79 bits per heavy atom. The van der Waals surface area contributed by atoms with E-state index in [0.717, 1.165) is 11.3 Å². The molecule has 1 saturated heterocycles. The summed E-state index contributed by atoms with van der Waals surface area (Å²) in [5.74, 6) is -0.00374. The SMILES string of the molecule is Cn1cnc(S(=O)(=O)N2C[C@H](Nc3ccccc3Cl)[C@@H](c3ccccc3)C2)c1. The Morgan fingerprint density at radius 1 is 1.07 bits per heavy atom. The molecule has 1 fully saturated rings. The van der Waals surface area contributed by atoms with Crippen LogP contribution in [0, 0.1) is 0 Å². The Bertz CT molecular complexity index is 1070. The van der Waals surface area contributed by atoms with Gasteiger partial charge < -0.3 is 9.88 Å². The highest BCUT2D eigenvalue weighted by Gasteiger charge is 2.41. The Balaban J connectivity index is 1.66. The maximum absolute atomic E-state index is 13.1. The normalized spacial score (nSPS) is 20.4. The summed E-state index contributed by atoms with van der Waals surface area (Å²) in [5, 5.41) is 4.13. The maximum atomic E-state index is 13.1. The molecule has 4 rings (SSSR count). The van der Waals surface area contributed by atoms with Crippen LogP contribution in [0.5, 0.6) is 0 Å². The second-order valence-electron chi connectivity index (χ2n) is 6.95. The second-order valence-corrected chi connectivity index (χ2v) is 9.24. The van der Waals surface area contributed by atoms with Gasteiger partial charge in [-0.1, -0.05) is 54.1 Å². The molecule has 0 saturated carbocycles. The van der Waals surface area contributed by atoms with Gasteiger partial charge in [0, 0.05) is 38.3 Å². The van der Waals surface area contributed by atoms with Crippen molar-refractivity contribution in [3.8, 4) is 0 Å². The highest BCUT2D eigenvalue weighted by atomic mass is 35.5. The Kier molecular flexibility index (Phi) is 5.14. The number of para-hydroxylation sites is 1. The molecule has 6 nitrogen and oxygen atoms in total. The zero-order valence-corrected chi connectivity index (χ0v) is 16.9. The highest BCUT2D eigenvalue weighted by molar-refractivity contribution is 7.89. The fourth-order valence-corrected chi connectivity index (χ4v) is 5.23. The van der Waals surface area contributed by atoms with E-state index in [9.17, 15) is 8.42 Å². The van der Waals surface area contributed by atoms with Crippen LogP contribution < -0.4 is 5.32 Å². The minimum absolute atomic E-state index is 0.00374. The van der Waals surface area contributed by atoms with Gasteiger partial charge in [0.15, 0.2) is 5.03 Å². The summed E-state index contributed by atoms with van der Waals surface area (Å²) < 4.78 is 29.3. The summed E-state index contributed by atoms with van der Waals surface area (Å²) in [6.45, 7) is 0.717. The van der Waals surface area contributed by atoms with Gasteiger partial charge in [-0.05, 0) is 17.7 Å². The number of rotatable bonds is 5. The van der Waals surface area contributed by atoms with Crippen molar-refractivity contribution >= 4 is 27.3 Å². The van der Waals surface area contributed by atoms with Gasteiger partial charge in [0.05, 0.1) is 17.0 Å². The largest absolute Gasteiger partial charge is 0.379 e. The standard InChI is InChI=1S/C20H21ClN4O2S/c1-24-13-20(22-14-24)28(26,27)25-11-16(15-7-3-2-4-8-15)19(12-25)23-18-10-6-5-9-17(18)21/h2-10,13-14,16,19,23H,11-12H2,1H3/t16-,19+/m1/s1. The lowest BCUT2D eigenvalue weighted by Gasteiger charge is -2.22. The van der Waals surface area contributed by atoms with Crippen LogP contribution in [-0.4, -0.2) is 41.4 Å².